The zero-order valence-electron chi connectivity index (χ0n) is 5.92. The summed E-state index contributed by atoms with van der Waals surface area (Å²) in [6.07, 6.45) is 0. The van der Waals surface area contributed by atoms with E-state index in [1.54, 1.807) is 6.92 Å². The van der Waals surface area contributed by atoms with E-state index in [2.05, 4.69) is 4.98 Å². The second kappa shape index (κ2) is 1.69. The van der Waals surface area contributed by atoms with Crippen LogP contribution in [0.15, 0.2) is 8.83 Å². The topological polar surface area (TPSA) is 91.2 Å². The molecular formula is C6H7N3O2. The van der Waals surface area contributed by atoms with Gasteiger partial charge in [-0.15, -0.1) is 0 Å². The van der Waals surface area contributed by atoms with Crippen LogP contribution in [0.25, 0.3) is 11.3 Å². The molecule has 58 valence electrons. The van der Waals surface area contributed by atoms with Crippen molar-refractivity contribution in [2.24, 2.45) is 0 Å². The van der Waals surface area contributed by atoms with E-state index in [4.69, 9.17) is 20.3 Å². The van der Waals surface area contributed by atoms with Gasteiger partial charge in [0.25, 0.3) is 11.7 Å². The van der Waals surface area contributed by atoms with Gasteiger partial charge in [0, 0.05) is 0 Å². The summed E-state index contributed by atoms with van der Waals surface area (Å²) < 4.78 is 10.0. The average molecular weight is 153 g/mol. The van der Waals surface area contributed by atoms with Gasteiger partial charge in [-0.2, -0.15) is 4.98 Å². The highest BCUT2D eigenvalue weighted by atomic mass is 16.4. The molecule has 0 amide bonds. The average Bonchev–Trinajstić information content (AvgIpc) is 2.37. The van der Waals surface area contributed by atoms with Crippen LogP contribution < -0.4 is 11.5 Å². The minimum absolute atomic E-state index is 0.0989. The predicted octanol–water partition coefficient (Wildman–Crippen LogP) is 0.894. The Labute approximate surface area is 62.0 Å². The van der Waals surface area contributed by atoms with Crippen LogP contribution in [0.5, 0.6) is 0 Å². The van der Waals surface area contributed by atoms with Crippen LogP contribution in [0.2, 0.25) is 0 Å². The summed E-state index contributed by atoms with van der Waals surface area (Å²) in [5.41, 5.74) is 12.3. The summed E-state index contributed by atoms with van der Waals surface area (Å²) >= 11 is 0. The summed E-state index contributed by atoms with van der Waals surface area (Å²) in [6.45, 7) is 1.78. The van der Waals surface area contributed by atoms with Crippen LogP contribution in [-0.4, -0.2) is 4.98 Å². The van der Waals surface area contributed by atoms with E-state index in [0.29, 0.717) is 17.2 Å². The smallest absolute Gasteiger partial charge is 0.295 e. The van der Waals surface area contributed by atoms with Gasteiger partial charge in [0.2, 0.25) is 5.58 Å². The summed E-state index contributed by atoms with van der Waals surface area (Å²) in [7, 11) is 0. The van der Waals surface area contributed by atoms with Gasteiger partial charge < -0.3 is 20.3 Å². The lowest BCUT2D eigenvalue weighted by Gasteiger charge is -1.83. The molecule has 0 unspecified atom stereocenters. The number of aryl methyl sites for hydroxylation is 1. The van der Waals surface area contributed by atoms with Gasteiger partial charge in [-0.05, 0) is 6.92 Å². The molecule has 2 heterocycles. The van der Waals surface area contributed by atoms with Crippen molar-refractivity contribution in [2.45, 2.75) is 6.92 Å². The number of hydrogen-bond donors (Lipinski definition) is 2. The highest BCUT2D eigenvalue weighted by Crippen LogP contribution is 2.27. The second-order valence-corrected chi connectivity index (χ2v) is 2.28. The van der Waals surface area contributed by atoms with E-state index in [1.807, 2.05) is 0 Å². The lowest BCUT2D eigenvalue weighted by atomic mass is 10.3. The summed E-state index contributed by atoms with van der Waals surface area (Å²) in [5, 5.41) is 0. The van der Waals surface area contributed by atoms with Crippen molar-refractivity contribution in [1.82, 2.24) is 4.98 Å². The number of aromatic nitrogens is 1. The van der Waals surface area contributed by atoms with Crippen molar-refractivity contribution >= 4 is 23.2 Å². The molecule has 2 aromatic rings. The van der Waals surface area contributed by atoms with Crippen molar-refractivity contribution in [3.05, 3.63) is 5.56 Å². The zero-order valence-corrected chi connectivity index (χ0v) is 5.92. The van der Waals surface area contributed by atoms with Gasteiger partial charge >= 0.3 is 0 Å². The number of furan rings is 1. The number of anilines is 2. The Bertz CT molecular complexity index is 401. The summed E-state index contributed by atoms with van der Waals surface area (Å²) in [5.74, 6) is 0.325. The van der Waals surface area contributed by atoms with Crippen LogP contribution in [0.1, 0.15) is 5.56 Å². The normalized spacial score (nSPS) is 11.0. The molecule has 0 spiro atoms. The van der Waals surface area contributed by atoms with Gasteiger partial charge in [-0.25, -0.2) is 0 Å². The van der Waals surface area contributed by atoms with Crippen LogP contribution in [-0.2, 0) is 0 Å². The molecule has 5 heteroatoms. The van der Waals surface area contributed by atoms with Crippen molar-refractivity contribution in [3.8, 4) is 0 Å². The van der Waals surface area contributed by atoms with Crippen molar-refractivity contribution in [3.63, 3.8) is 0 Å². The van der Waals surface area contributed by atoms with E-state index >= 15 is 0 Å². The molecule has 0 radical (unpaired) electrons. The molecule has 0 aliphatic rings. The van der Waals surface area contributed by atoms with Crippen molar-refractivity contribution in [1.29, 1.82) is 0 Å². The highest BCUT2D eigenvalue weighted by molar-refractivity contribution is 5.77. The third-order valence-corrected chi connectivity index (χ3v) is 1.53. The largest absolute Gasteiger partial charge is 0.420 e. The number of nitrogens with two attached hydrogens (primary N) is 2. The Morgan fingerprint density at radius 1 is 1.27 bits per heavy atom. The molecule has 0 atom stereocenters. The number of oxazole rings is 1. The van der Waals surface area contributed by atoms with E-state index in [0.717, 1.165) is 5.56 Å². The Kier molecular flexibility index (Phi) is 0.934. The fraction of sp³-hybridized carbons (Fsp3) is 0.167. The first-order valence-corrected chi connectivity index (χ1v) is 3.09. The highest BCUT2D eigenvalue weighted by Gasteiger charge is 2.13. The Morgan fingerprint density at radius 3 is 2.64 bits per heavy atom. The fourth-order valence-corrected chi connectivity index (χ4v) is 0.921. The first kappa shape index (κ1) is 6.09. The molecule has 5 nitrogen and oxygen atoms in total. The summed E-state index contributed by atoms with van der Waals surface area (Å²) in [6, 6.07) is 0.0989. The van der Waals surface area contributed by atoms with E-state index < -0.39 is 0 Å². The number of fused-ring (bicyclic) bond motifs is 1. The molecule has 0 aliphatic heterocycles. The molecule has 2 rings (SSSR count). The number of rotatable bonds is 0. The molecule has 2 aromatic heterocycles. The zero-order chi connectivity index (χ0) is 8.01. The lowest BCUT2D eigenvalue weighted by molar-refractivity contribution is 0.621. The molecule has 0 saturated carbocycles. The number of nitrogen functional groups attached to an aromatic ring is 2. The Hall–Kier alpha value is -1.65. The Morgan fingerprint density at radius 2 is 2.00 bits per heavy atom. The first-order chi connectivity index (χ1) is 5.18. The molecule has 0 fully saturated rings. The monoisotopic (exact) mass is 153 g/mol. The van der Waals surface area contributed by atoms with Crippen molar-refractivity contribution < 1.29 is 8.83 Å². The Balaban J connectivity index is 2.88. The minimum Gasteiger partial charge on any atom is -0.420 e. The number of nitrogens with zero attached hydrogens (tertiary/aromatic N) is 1. The van der Waals surface area contributed by atoms with E-state index in [-0.39, 0.29) is 6.01 Å². The molecule has 0 saturated heterocycles. The van der Waals surface area contributed by atoms with Gasteiger partial charge in [-0.1, -0.05) is 0 Å². The SMILES string of the molecule is Cc1c(N)oc2nc(N)oc12. The maximum atomic E-state index is 5.44. The van der Waals surface area contributed by atoms with Crippen LogP contribution >= 0.6 is 0 Å². The van der Waals surface area contributed by atoms with Gasteiger partial charge in [0.05, 0.1) is 5.56 Å². The van der Waals surface area contributed by atoms with E-state index in [1.165, 1.54) is 0 Å². The molecule has 0 aromatic carbocycles. The molecule has 4 N–H and O–H groups in total. The van der Waals surface area contributed by atoms with Crippen molar-refractivity contribution in [2.75, 3.05) is 11.5 Å². The molecular weight excluding hydrogens is 146 g/mol. The molecule has 11 heavy (non-hydrogen) atoms. The number of hydrogen-bond acceptors (Lipinski definition) is 5. The fourth-order valence-electron chi connectivity index (χ4n) is 0.921. The maximum absolute atomic E-state index is 5.44. The van der Waals surface area contributed by atoms with Gasteiger partial charge in [-0.3, -0.25) is 0 Å². The minimum atomic E-state index is 0.0989. The first-order valence-electron chi connectivity index (χ1n) is 3.09. The summed E-state index contributed by atoms with van der Waals surface area (Å²) in [4.78, 5) is 3.76. The van der Waals surface area contributed by atoms with Gasteiger partial charge in [0.15, 0.2) is 5.88 Å². The quantitative estimate of drug-likeness (QED) is 0.586. The predicted molar refractivity (Wildman–Crippen MR) is 39.8 cm³/mol. The van der Waals surface area contributed by atoms with Crippen LogP contribution in [0, 0.1) is 6.92 Å². The van der Waals surface area contributed by atoms with Crippen LogP contribution in [0.4, 0.5) is 11.9 Å². The lowest BCUT2D eigenvalue weighted by Crippen LogP contribution is -1.84. The van der Waals surface area contributed by atoms with Crippen LogP contribution in [0.3, 0.4) is 0 Å². The van der Waals surface area contributed by atoms with E-state index in [9.17, 15) is 0 Å². The standard InChI is InChI=1S/C6H7N3O2/c1-2-3-5(11-4(2)7)9-6(8)10-3/h7H2,1H3,(H2,8,9). The molecule has 0 bridgehead atoms. The third-order valence-electron chi connectivity index (χ3n) is 1.53. The third kappa shape index (κ3) is 0.674. The molecule has 0 aliphatic carbocycles. The van der Waals surface area contributed by atoms with Gasteiger partial charge in [0.1, 0.15) is 0 Å². The maximum Gasteiger partial charge on any atom is 0.295 e. The second-order valence-electron chi connectivity index (χ2n) is 2.28.